The minimum absolute atomic E-state index is 0.107. The van der Waals surface area contributed by atoms with Gasteiger partial charge in [0.25, 0.3) is 0 Å². The van der Waals surface area contributed by atoms with Gasteiger partial charge in [0.2, 0.25) is 5.91 Å². The molecule has 1 amide bonds. The van der Waals surface area contributed by atoms with Crippen LogP contribution in [0.3, 0.4) is 0 Å². The lowest BCUT2D eigenvalue weighted by Crippen LogP contribution is -2.48. The first-order valence-corrected chi connectivity index (χ1v) is 12.3. The summed E-state index contributed by atoms with van der Waals surface area (Å²) in [5.74, 6) is 0.636. The molecular formula is C30H34N2O. The van der Waals surface area contributed by atoms with E-state index in [-0.39, 0.29) is 5.91 Å². The van der Waals surface area contributed by atoms with Crippen LogP contribution in [0.15, 0.2) is 91.0 Å². The fourth-order valence-corrected chi connectivity index (χ4v) is 6.26. The van der Waals surface area contributed by atoms with E-state index >= 15 is 0 Å². The van der Waals surface area contributed by atoms with Gasteiger partial charge in [-0.3, -0.25) is 4.79 Å². The zero-order valence-corrected chi connectivity index (χ0v) is 19.5. The Labute approximate surface area is 197 Å². The fraction of sp³-hybridized carbons (Fsp3) is 0.367. The molecule has 2 aliphatic heterocycles. The normalized spacial score (nSPS) is 22.8. The lowest BCUT2D eigenvalue weighted by molar-refractivity contribution is -0.126. The number of nitrogens with zero attached hydrogens (tertiary/aromatic N) is 1. The van der Waals surface area contributed by atoms with Gasteiger partial charge >= 0.3 is 0 Å². The molecule has 33 heavy (non-hydrogen) atoms. The average Bonchev–Trinajstić information content (AvgIpc) is 3.07. The van der Waals surface area contributed by atoms with Crippen LogP contribution in [0, 0.1) is 5.92 Å². The summed E-state index contributed by atoms with van der Waals surface area (Å²) >= 11 is 0. The van der Waals surface area contributed by atoms with Gasteiger partial charge in [-0.05, 0) is 61.8 Å². The number of amides is 1. The van der Waals surface area contributed by atoms with E-state index in [0.29, 0.717) is 24.5 Å². The van der Waals surface area contributed by atoms with Crippen molar-refractivity contribution in [2.45, 2.75) is 56.1 Å². The van der Waals surface area contributed by atoms with Gasteiger partial charge in [-0.2, -0.15) is 0 Å². The number of piperidine rings is 1. The van der Waals surface area contributed by atoms with Crippen molar-refractivity contribution in [2.75, 3.05) is 7.05 Å². The quantitative estimate of drug-likeness (QED) is 0.524. The number of fused-ring (bicyclic) bond motifs is 2. The molecule has 0 unspecified atom stereocenters. The molecule has 5 rings (SSSR count). The molecule has 3 aromatic rings. The second-order valence-electron chi connectivity index (χ2n) is 9.90. The monoisotopic (exact) mass is 438 g/mol. The van der Waals surface area contributed by atoms with Crippen molar-refractivity contribution in [3.05, 3.63) is 108 Å². The lowest BCUT2D eigenvalue weighted by Gasteiger charge is -2.42. The van der Waals surface area contributed by atoms with Crippen LogP contribution in [0.4, 0.5) is 0 Å². The molecule has 3 aromatic carbocycles. The van der Waals surface area contributed by atoms with Gasteiger partial charge in [-0.15, -0.1) is 0 Å². The average molecular weight is 439 g/mol. The number of nitrogens with one attached hydrogen (secondary N) is 1. The summed E-state index contributed by atoms with van der Waals surface area (Å²) in [5.41, 5.74) is 2.61. The highest BCUT2D eigenvalue weighted by atomic mass is 16.2. The molecule has 0 radical (unpaired) electrons. The summed E-state index contributed by atoms with van der Waals surface area (Å²) in [6, 6.07) is 32.4. The van der Waals surface area contributed by atoms with E-state index in [1.54, 1.807) is 0 Å². The van der Waals surface area contributed by atoms with E-state index in [4.69, 9.17) is 0 Å². The summed E-state index contributed by atoms with van der Waals surface area (Å²) in [4.78, 5) is 16.8. The third-order valence-electron chi connectivity index (χ3n) is 8.01. The molecule has 2 fully saturated rings. The van der Waals surface area contributed by atoms with Crippen molar-refractivity contribution in [3.63, 3.8) is 0 Å². The molecule has 0 aromatic heterocycles. The zero-order chi connectivity index (χ0) is 22.7. The van der Waals surface area contributed by atoms with Gasteiger partial charge in [0, 0.05) is 18.6 Å². The van der Waals surface area contributed by atoms with Crippen molar-refractivity contribution in [3.8, 4) is 0 Å². The summed E-state index contributed by atoms with van der Waals surface area (Å²) in [6.07, 6.45) is 5.80. The molecule has 3 heteroatoms. The van der Waals surface area contributed by atoms with Gasteiger partial charge in [0.1, 0.15) is 0 Å². The maximum absolute atomic E-state index is 14.2. The van der Waals surface area contributed by atoms with Crippen molar-refractivity contribution >= 4 is 5.91 Å². The number of benzene rings is 3. The first-order valence-electron chi connectivity index (χ1n) is 12.3. The number of rotatable bonds is 7. The lowest BCUT2D eigenvalue weighted by atomic mass is 9.66. The number of carbonyl (C=O) groups excluding carboxylic acids is 1. The molecule has 0 saturated carbocycles. The third kappa shape index (κ3) is 4.35. The number of hydrogen-bond donors (Lipinski definition) is 1. The van der Waals surface area contributed by atoms with E-state index in [1.165, 1.54) is 25.7 Å². The molecule has 3 nitrogen and oxygen atoms in total. The van der Waals surface area contributed by atoms with Gasteiger partial charge in [-0.1, -0.05) is 91.0 Å². The van der Waals surface area contributed by atoms with Crippen LogP contribution in [0.5, 0.6) is 0 Å². The molecule has 2 aliphatic rings. The van der Waals surface area contributed by atoms with Crippen molar-refractivity contribution in [2.24, 2.45) is 5.92 Å². The Morgan fingerprint density at radius 2 is 1.30 bits per heavy atom. The smallest absolute Gasteiger partial charge is 0.235 e. The molecule has 1 N–H and O–H groups in total. The Morgan fingerprint density at radius 3 is 1.82 bits per heavy atom. The predicted octanol–water partition coefficient (Wildman–Crippen LogP) is 5.55. The minimum atomic E-state index is -0.697. The second kappa shape index (κ2) is 9.52. The maximum Gasteiger partial charge on any atom is 0.235 e. The number of hydrogen-bond acceptors (Lipinski definition) is 2. The summed E-state index contributed by atoms with van der Waals surface area (Å²) in [6.45, 7) is 0.541. The Bertz CT molecular complexity index is 997. The highest BCUT2D eigenvalue weighted by Gasteiger charge is 2.47. The standard InChI is InChI=1S/C30H34N2O/c1-32-27-17-18-28(32)20-24(19-27)21-30(25-13-7-3-8-14-25,26-15-9-4-10-16-26)29(33)31-22-23-11-5-2-6-12-23/h2-16,24,27-28H,17-22H2,1H3,(H,31,33)/t27-,28-/m1/s1. The van der Waals surface area contributed by atoms with E-state index in [9.17, 15) is 4.79 Å². The van der Waals surface area contributed by atoms with Crippen molar-refractivity contribution in [1.29, 1.82) is 0 Å². The van der Waals surface area contributed by atoms with E-state index in [0.717, 1.165) is 23.1 Å². The van der Waals surface area contributed by atoms with Crippen molar-refractivity contribution in [1.82, 2.24) is 10.2 Å². The summed E-state index contributed by atoms with van der Waals surface area (Å²) in [7, 11) is 2.28. The Balaban J connectivity index is 1.53. The van der Waals surface area contributed by atoms with Gasteiger partial charge in [0.05, 0.1) is 5.41 Å². The first kappa shape index (κ1) is 21.9. The van der Waals surface area contributed by atoms with Gasteiger partial charge in [0.15, 0.2) is 0 Å². The minimum Gasteiger partial charge on any atom is -0.351 e. The van der Waals surface area contributed by atoms with Crippen LogP contribution in [-0.4, -0.2) is 29.9 Å². The molecule has 2 heterocycles. The van der Waals surface area contributed by atoms with E-state index < -0.39 is 5.41 Å². The Kier molecular flexibility index (Phi) is 6.32. The highest BCUT2D eigenvalue weighted by molar-refractivity contribution is 5.92. The maximum atomic E-state index is 14.2. The molecule has 2 bridgehead atoms. The molecule has 170 valence electrons. The van der Waals surface area contributed by atoms with Crippen LogP contribution in [0.1, 0.15) is 48.8 Å². The molecule has 2 atom stereocenters. The van der Waals surface area contributed by atoms with Crippen LogP contribution < -0.4 is 5.32 Å². The zero-order valence-electron chi connectivity index (χ0n) is 19.5. The second-order valence-corrected chi connectivity index (χ2v) is 9.90. The Morgan fingerprint density at radius 1 is 0.818 bits per heavy atom. The molecule has 2 saturated heterocycles. The SMILES string of the molecule is CN1[C@@H]2CC[C@@H]1CC(CC(C(=O)NCc1ccccc1)(c1ccccc1)c1ccccc1)C2. The largest absolute Gasteiger partial charge is 0.351 e. The van der Waals surface area contributed by atoms with Crippen LogP contribution >= 0.6 is 0 Å². The topological polar surface area (TPSA) is 32.3 Å². The number of carbonyl (C=O) groups is 1. The third-order valence-corrected chi connectivity index (χ3v) is 8.01. The van der Waals surface area contributed by atoms with Crippen molar-refractivity contribution < 1.29 is 4.79 Å². The predicted molar refractivity (Wildman–Crippen MR) is 134 cm³/mol. The highest BCUT2D eigenvalue weighted by Crippen LogP contribution is 2.46. The van der Waals surface area contributed by atoms with Crippen LogP contribution in [-0.2, 0) is 16.8 Å². The summed E-state index contributed by atoms with van der Waals surface area (Å²) in [5, 5.41) is 3.32. The van der Waals surface area contributed by atoms with Gasteiger partial charge in [-0.25, -0.2) is 0 Å². The van der Waals surface area contributed by atoms with E-state index in [2.05, 4.69) is 77.9 Å². The Hall–Kier alpha value is -2.91. The summed E-state index contributed by atoms with van der Waals surface area (Å²) < 4.78 is 0. The molecule has 0 aliphatic carbocycles. The fourth-order valence-electron chi connectivity index (χ4n) is 6.26. The van der Waals surface area contributed by atoms with Crippen LogP contribution in [0.2, 0.25) is 0 Å². The molecule has 0 spiro atoms. The van der Waals surface area contributed by atoms with Gasteiger partial charge < -0.3 is 10.2 Å². The van der Waals surface area contributed by atoms with Crippen LogP contribution in [0.25, 0.3) is 0 Å². The molecular weight excluding hydrogens is 404 g/mol. The first-order chi connectivity index (χ1) is 16.2. The van der Waals surface area contributed by atoms with E-state index in [1.807, 2.05) is 30.3 Å².